The summed E-state index contributed by atoms with van der Waals surface area (Å²) in [7, 11) is 1.45. The van der Waals surface area contributed by atoms with Crippen molar-refractivity contribution >= 4 is 0 Å². The van der Waals surface area contributed by atoms with E-state index in [1.165, 1.54) is 16.4 Å². The number of hydrogen-bond donors (Lipinski definition) is 0. The molecule has 0 aliphatic carbocycles. The monoisotopic (exact) mass is 291 g/mol. The number of para-hydroxylation sites is 1. The molecule has 7 heteroatoms. The Kier molecular flexibility index (Phi) is 3.02. The van der Waals surface area contributed by atoms with Gasteiger partial charge in [-0.05, 0) is 26.0 Å². The highest BCUT2D eigenvalue weighted by Crippen LogP contribution is 2.24. The fourth-order valence-electron chi connectivity index (χ4n) is 2.53. The predicted molar refractivity (Wildman–Crippen MR) is 75.2 cm³/mol. The standard InChI is InChI=1S/C14H17N3O4/c1-14(2)17-13(19)15(3)12(18)16(17)9-11(21-14)20-10-7-5-4-6-8-10/h4-8,11H,9H2,1-3H3. The number of rotatable bonds is 2. The van der Waals surface area contributed by atoms with Crippen LogP contribution in [0.15, 0.2) is 39.9 Å². The van der Waals surface area contributed by atoms with Gasteiger partial charge in [0.1, 0.15) is 12.3 Å². The zero-order valence-corrected chi connectivity index (χ0v) is 12.1. The molecule has 0 radical (unpaired) electrons. The van der Waals surface area contributed by atoms with Gasteiger partial charge in [0.25, 0.3) is 0 Å². The van der Waals surface area contributed by atoms with Crippen LogP contribution in [0, 0.1) is 0 Å². The van der Waals surface area contributed by atoms with E-state index in [2.05, 4.69) is 0 Å². The van der Waals surface area contributed by atoms with E-state index in [4.69, 9.17) is 9.47 Å². The van der Waals surface area contributed by atoms with Crippen LogP contribution in [0.3, 0.4) is 0 Å². The van der Waals surface area contributed by atoms with Gasteiger partial charge in [0.05, 0.1) is 0 Å². The van der Waals surface area contributed by atoms with Crippen LogP contribution in [-0.4, -0.2) is 20.2 Å². The van der Waals surface area contributed by atoms with Gasteiger partial charge in [-0.3, -0.25) is 0 Å². The number of aromatic nitrogens is 3. The summed E-state index contributed by atoms with van der Waals surface area (Å²) in [5, 5.41) is 0. The van der Waals surface area contributed by atoms with Gasteiger partial charge in [-0.1, -0.05) is 18.2 Å². The van der Waals surface area contributed by atoms with Gasteiger partial charge < -0.3 is 9.47 Å². The summed E-state index contributed by atoms with van der Waals surface area (Å²) >= 11 is 0. The van der Waals surface area contributed by atoms with Gasteiger partial charge in [0.2, 0.25) is 6.29 Å². The summed E-state index contributed by atoms with van der Waals surface area (Å²) < 4.78 is 15.3. The third-order valence-electron chi connectivity index (χ3n) is 3.48. The van der Waals surface area contributed by atoms with Crippen molar-refractivity contribution in [1.29, 1.82) is 0 Å². The van der Waals surface area contributed by atoms with Gasteiger partial charge >= 0.3 is 11.4 Å². The zero-order chi connectivity index (χ0) is 15.2. The van der Waals surface area contributed by atoms with E-state index in [1.807, 2.05) is 30.3 Å². The van der Waals surface area contributed by atoms with Crippen molar-refractivity contribution in [2.45, 2.75) is 32.4 Å². The van der Waals surface area contributed by atoms with Gasteiger partial charge in [-0.2, -0.15) is 4.68 Å². The fraction of sp³-hybridized carbons (Fsp3) is 0.429. The van der Waals surface area contributed by atoms with Crippen molar-refractivity contribution in [2.24, 2.45) is 7.05 Å². The molecule has 1 unspecified atom stereocenters. The maximum atomic E-state index is 12.1. The number of ether oxygens (including phenoxy) is 2. The zero-order valence-electron chi connectivity index (χ0n) is 12.1. The molecule has 3 rings (SSSR count). The third-order valence-corrected chi connectivity index (χ3v) is 3.48. The van der Waals surface area contributed by atoms with E-state index in [9.17, 15) is 9.59 Å². The molecule has 0 amide bonds. The molecular formula is C14H17N3O4. The number of fused-ring (bicyclic) bond motifs is 1. The van der Waals surface area contributed by atoms with Crippen LogP contribution in [0.4, 0.5) is 0 Å². The van der Waals surface area contributed by atoms with Crippen LogP contribution in [0.25, 0.3) is 0 Å². The molecule has 0 saturated heterocycles. The predicted octanol–water partition coefficient (Wildman–Crippen LogP) is 0.476. The summed E-state index contributed by atoms with van der Waals surface area (Å²) in [5.41, 5.74) is -1.74. The molecule has 0 N–H and O–H groups in total. The molecular weight excluding hydrogens is 274 g/mol. The van der Waals surface area contributed by atoms with E-state index in [-0.39, 0.29) is 12.2 Å². The first kappa shape index (κ1) is 13.7. The molecule has 1 aromatic heterocycles. The van der Waals surface area contributed by atoms with Crippen molar-refractivity contribution in [3.63, 3.8) is 0 Å². The van der Waals surface area contributed by atoms with Crippen LogP contribution >= 0.6 is 0 Å². The molecule has 2 aromatic rings. The quantitative estimate of drug-likeness (QED) is 0.807. The minimum Gasteiger partial charge on any atom is -0.463 e. The van der Waals surface area contributed by atoms with Crippen molar-refractivity contribution in [1.82, 2.24) is 13.9 Å². The Hall–Kier alpha value is -2.28. The summed E-state index contributed by atoms with van der Waals surface area (Å²) in [6.45, 7) is 3.61. The Bertz CT molecular complexity index is 770. The maximum absolute atomic E-state index is 12.1. The third kappa shape index (κ3) is 2.19. The highest BCUT2D eigenvalue weighted by Gasteiger charge is 2.38. The van der Waals surface area contributed by atoms with Crippen LogP contribution in [0.1, 0.15) is 13.8 Å². The van der Waals surface area contributed by atoms with E-state index in [1.54, 1.807) is 13.8 Å². The van der Waals surface area contributed by atoms with Gasteiger partial charge in [0, 0.05) is 7.05 Å². The first-order valence-corrected chi connectivity index (χ1v) is 6.69. The lowest BCUT2D eigenvalue weighted by Crippen LogP contribution is -2.52. The maximum Gasteiger partial charge on any atom is 0.349 e. The van der Waals surface area contributed by atoms with Crippen LogP contribution in [0.2, 0.25) is 0 Å². The van der Waals surface area contributed by atoms with E-state index in [0.29, 0.717) is 5.75 Å². The summed E-state index contributed by atoms with van der Waals surface area (Å²) in [6.07, 6.45) is -0.637. The summed E-state index contributed by atoms with van der Waals surface area (Å²) in [6, 6.07) is 9.22. The lowest BCUT2D eigenvalue weighted by molar-refractivity contribution is -0.236. The largest absolute Gasteiger partial charge is 0.463 e. The average Bonchev–Trinajstić information content (AvgIpc) is 2.65. The molecule has 1 aliphatic rings. The molecule has 0 spiro atoms. The van der Waals surface area contributed by atoms with Gasteiger partial charge in [-0.25, -0.2) is 18.8 Å². The highest BCUT2D eigenvalue weighted by atomic mass is 16.7. The number of benzene rings is 1. The first-order valence-electron chi connectivity index (χ1n) is 6.69. The number of nitrogens with zero attached hydrogens (tertiary/aromatic N) is 3. The van der Waals surface area contributed by atoms with Crippen molar-refractivity contribution in [3.05, 3.63) is 51.3 Å². The molecule has 112 valence electrons. The molecule has 0 saturated carbocycles. The smallest absolute Gasteiger partial charge is 0.349 e. The van der Waals surface area contributed by atoms with Crippen molar-refractivity contribution < 1.29 is 9.47 Å². The Morgan fingerprint density at radius 2 is 1.86 bits per heavy atom. The second-order valence-electron chi connectivity index (χ2n) is 5.44. The van der Waals surface area contributed by atoms with Crippen LogP contribution in [-0.2, 0) is 24.1 Å². The molecule has 1 atom stereocenters. The SMILES string of the molecule is Cn1c(=O)n2n(c1=O)C(C)(C)OC(Oc1ccccc1)C2. The van der Waals surface area contributed by atoms with Gasteiger partial charge in [0.15, 0.2) is 5.72 Å². The Morgan fingerprint density at radius 3 is 2.52 bits per heavy atom. The molecule has 2 heterocycles. The molecule has 1 aliphatic heterocycles. The Labute approximate surface area is 120 Å². The lowest BCUT2D eigenvalue weighted by atomic mass is 10.3. The molecule has 0 fully saturated rings. The normalized spacial score (nSPS) is 20.0. The highest BCUT2D eigenvalue weighted by molar-refractivity contribution is 5.21. The lowest BCUT2D eigenvalue weighted by Gasteiger charge is -2.37. The Morgan fingerprint density at radius 1 is 1.19 bits per heavy atom. The average molecular weight is 291 g/mol. The van der Waals surface area contributed by atoms with Crippen LogP contribution in [0.5, 0.6) is 5.75 Å². The van der Waals surface area contributed by atoms with E-state index in [0.717, 1.165) is 4.57 Å². The van der Waals surface area contributed by atoms with Crippen molar-refractivity contribution in [3.8, 4) is 5.75 Å². The van der Waals surface area contributed by atoms with E-state index < -0.39 is 17.7 Å². The summed E-state index contributed by atoms with van der Waals surface area (Å²) in [5.74, 6) is 0.651. The van der Waals surface area contributed by atoms with Crippen molar-refractivity contribution in [2.75, 3.05) is 0 Å². The number of hydrogen-bond acceptors (Lipinski definition) is 4. The minimum atomic E-state index is -0.963. The Balaban J connectivity index is 1.98. The van der Waals surface area contributed by atoms with Crippen LogP contribution < -0.4 is 16.1 Å². The first-order chi connectivity index (χ1) is 9.90. The molecule has 21 heavy (non-hydrogen) atoms. The minimum absolute atomic E-state index is 0.160. The molecule has 7 nitrogen and oxygen atoms in total. The molecule has 0 bridgehead atoms. The van der Waals surface area contributed by atoms with E-state index >= 15 is 0 Å². The second-order valence-corrected chi connectivity index (χ2v) is 5.44. The van der Waals surface area contributed by atoms with Gasteiger partial charge in [-0.15, -0.1) is 0 Å². The molecule has 1 aromatic carbocycles. The second kappa shape index (κ2) is 4.63. The topological polar surface area (TPSA) is 67.4 Å². The fourth-order valence-corrected chi connectivity index (χ4v) is 2.53. The summed E-state index contributed by atoms with van der Waals surface area (Å²) in [4.78, 5) is 24.2.